The van der Waals surface area contributed by atoms with Crippen molar-refractivity contribution in [3.63, 3.8) is 0 Å². The topological polar surface area (TPSA) is 121 Å². The maximum atomic E-state index is 11.5. The van der Waals surface area contributed by atoms with Crippen LogP contribution in [0.2, 0.25) is 0 Å². The summed E-state index contributed by atoms with van der Waals surface area (Å²) in [6.07, 6.45) is -3.71. The lowest BCUT2D eigenvalue weighted by atomic mass is 9.72. The number of benzene rings is 2. The minimum absolute atomic E-state index is 0.0493. The van der Waals surface area contributed by atoms with Crippen LogP contribution in [-0.2, 0) is 25.7 Å². The molecule has 178 valence electrons. The van der Waals surface area contributed by atoms with Gasteiger partial charge in [-0.25, -0.2) is 0 Å². The van der Waals surface area contributed by atoms with Crippen molar-refractivity contribution in [3.8, 4) is 0 Å². The van der Waals surface area contributed by atoms with Gasteiger partial charge < -0.3 is 30.6 Å². The number of hydrogen-bond acceptors (Lipinski definition) is 6. The molecule has 0 spiro atoms. The van der Waals surface area contributed by atoms with Crippen molar-refractivity contribution in [2.45, 2.75) is 82.4 Å². The average molecular weight is 447 g/mol. The Morgan fingerprint density at radius 1 is 0.688 bits per heavy atom. The normalized spacial score (nSPS) is 18.4. The molecule has 32 heavy (non-hydrogen) atoms. The summed E-state index contributed by atoms with van der Waals surface area (Å²) in [6, 6.07) is 15.0. The highest BCUT2D eigenvalue weighted by Gasteiger charge is 2.53. The summed E-state index contributed by atoms with van der Waals surface area (Å²) in [5, 5.41) is 64.4. The van der Waals surface area contributed by atoms with Crippen LogP contribution in [0.1, 0.15) is 49.4 Å². The molecular weight excluding hydrogens is 408 g/mol. The maximum Gasteiger partial charge on any atom is 0.126 e. The Morgan fingerprint density at radius 2 is 1.09 bits per heavy atom. The smallest absolute Gasteiger partial charge is 0.126 e. The SMILES string of the molecule is CCc1ccc(CC(O)(CC)[C@@H](O)[C@@](O)(Cc2ccc(CC)cc2)[C@H](O)[C@@H](O)CO)cc1. The lowest BCUT2D eigenvalue weighted by Crippen LogP contribution is -2.66. The van der Waals surface area contributed by atoms with Gasteiger partial charge in [0.1, 0.15) is 23.9 Å². The zero-order valence-electron chi connectivity index (χ0n) is 19.3. The van der Waals surface area contributed by atoms with Crippen LogP contribution < -0.4 is 0 Å². The molecule has 0 aromatic heterocycles. The molecule has 6 nitrogen and oxygen atoms in total. The number of aliphatic hydroxyl groups is 6. The first-order valence-electron chi connectivity index (χ1n) is 11.4. The summed E-state index contributed by atoms with van der Waals surface area (Å²) in [6.45, 7) is 4.95. The number of aryl methyl sites for hydroxylation is 2. The summed E-state index contributed by atoms with van der Waals surface area (Å²) in [5.74, 6) is 0. The quantitative estimate of drug-likeness (QED) is 0.294. The predicted molar refractivity (Wildman–Crippen MR) is 124 cm³/mol. The second-order valence-corrected chi connectivity index (χ2v) is 8.74. The maximum absolute atomic E-state index is 11.5. The highest BCUT2D eigenvalue weighted by atomic mass is 16.4. The second-order valence-electron chi connectivity index (χ2n) is 8.74. The van der Waals surface area contributed by atoms with Crippen molar-refractivity contribution in [1.29, 1.82) is 0 Å². The van der Waals surface area contributed by atoms with Crippen molar-refractivity contribution >= 4 is 0 Å². The first kappa shape index (κ1) is 26.5. The lowest BCUT2D eigenvalue weighted by Gasteiger charge is -2.45. The average Bonchev–Trinajstić information content (AvgIpc) is 2.83. The monoisotopic (exact) mass is 446 g/mol. The van der Waals surface area contributed by atoms with E-state index in [0.717, 1.165) is 29.5 Å². The van der Waals surface area contributed by atoms with E-state index in [-0.39, 0.29) is 19.3 Å². The zero-order chi connectivity index (χ0) is 23.9. The molecule has 2 aromatic rings. The highest BCUT2D eigenvalue weighted by Crippen LogP contribution is 2.34. The van der Waals surface area contributed by atoms with E-state index in [1.165, 1.54) is 0 Å². The molecule has 0 bridgehead atoms. The van der Waals surface area contributed by atoms with E-state index in [1.807, 2.05) is 50.2 Å². The van der Waals surface area contributed by atoms with E-state index >= 15 is 0 Å². The highest BCUT2D eigenvalue weighted by molar-refractivity contribution is 5.27. The molecule has 0 saturated carbocycles. The molecule has 2 rings (SSSR count). The fraction of sp³-hybridized carbons (Fsp3) is 0.538. The van der Waals surface area contributed by atoms with E-state index in [9.17, 15) is 30.6 Å². The van der Waals surface area contributed by atoms with Crippen LogP contribution in [0, 0.1) is 0 Å². The Hall–Kier alpha value is -1.80. The van der Waals surface area contributed by atoms with Gasteiger partial charge in [0, 0.05) is 12.8 Å². The Kier molecular flexibility index (Phi) is 9.40. The van der Waals surface area contributed by atoms with Crippen molar-refractivity contribution in [1.82, 2.24) is 0 Å². The van der Waals surface area contributed by atoms with Crippen molar-refractivity contribution < 1.29 is 30.6 Å². The van der Waals surface area contributed by atoms with Gasteiger partial charge in [-0.05, 0) is 41.5 Å². The van der Waals surface area contributed by atoms with Crippen LogP contribution in [-0.4, -0.2) is 66.8 Å². The summed E-state index contributed by atoms with van der Waals surface area (Å²) in [7, 11) is 0. The Morgan fingerprint density at radius 3 is 1.47 bits per heavy atom. The third-order valence-electron chi connectivity index (χ3n) is 6.52. The minimum Gasteiger partial charge on any atom is -0.394 e. The fourth-order valence-corrected chi connectivity index (χ4v) is 4.14. The Labute approximate surface area is 190 Å². The third kappa shape index (κ3) is 5.95. The van der Waals surface area contributed by atoms with Crippen LogP contribution in [0.4, 0.5) is 0 Å². The molecule has 6 heteroatoms. The predicted octanol–water partition coefficient (Wildman–Crippen LogP) is 1.54. The van der Waals surface area contributed by atoms with Crippen LogP contribution in [0.25, 0.3) is 0 Å². The zero-order valence-corrected chi connectivity index (χ0v) is 19.3. The minimum atomic E-state index is -2.30. The van der Waals surface area contributed by atoms with Crippen molar-refractivity contribution in [3.05, 3.63) is 70.8 Å². The van der Waals surface area contributed by atoms with Crippen LogP contribution in [0.3, 0.4) is 0 Å². The summed E-state index contributed by atoms with van der Waals surface area (Å²) in [4.78, 5) is 0. The molecule has 0 radical (unpaired) electrons. The van der Waals surface area contributed by atoms with Gasteiger partial charge in [0.2, 0.25) is 0 Å². The molecular formula is C26H38O6. The fourth-order valence-electron chi connectivity index (χ4n) is 4.14. The van der Waals surface area contributed by atoms with E-state index in [0.29, 0.717) is 5.56 Å². The first-order chi connectivity index (χ1) is 15.1. The largest absolute Gasteiger partial charge is 0.394 e. The standard InChI is InChI=1S/C26H38O6/c1-4-18-7-11-20(12-8-18)15-25(31,6-3)24(30)26(32,23(29)22(28)17-27)16-21-13-9-19(5-2)10-14-21/h7-14,22-24,27-32H,4-6,15-17H2,1-3H3/t22-,23+,24+,25?,26+/m0/s1. The van der Waals surface area contributed by atoms with Gasteiger partial charge in [-0.2, -0.15) is 0 Å². The molecule has 0 saturated heterocycles. The van der Waals surface area contributed by atoms with Gasteiger partial charge in [-0.15, -0.1) is 0 Å². The number of hydrogen-bond donors (Lipinski definition) is 6. The molecule has 0 aliphatic heterocycles. The van der Waals surface area contributed by atoms with Gasteiger partial charge >= 0.3 is 0 Å². The molecule has 2 aromatic carbocycles. The van der Waals surface area contributed by atoms with Crippen LogP contribution >= 0.6 is 0 Å². The molecule has 0 aliphatic carbocycles. The summed E-state index contributed by atoms with van der Waals surface area (Å²) in [5.41, 5.74) is -0.445. The number of rotatable bonds is 12. The van der Waals surface area contributed by atoms with Gasteiger partial charge in [0.15, 0.2) is 0 Å². The molecule has 0 amide bonds. The van der Waals surface area contributed by atoms with Gasteiger partial charge in [-0.1, -0.05) is 69.3 Å². The van der Waals surface area contributed by atoms with E-state index < -0.39 is 36.1 Å². The molecule has 5 atom stereocenters. The molecule has 0 fully saturated rings. The van der Waals surface area contributed by atoms with E-state index in [1.54, 1.807) is 19.1 Å². The lowest BCUT2D eigenvalue weighted by molar-refractivity contribution is -0.229. The summed E-state index contributed by atoms with van der Waals surface area (Å²) >= 11 is 0. The summed E-state index contributed by atoms with van der Waals surface area (Å²) < 4.78 is 0. The molecule has 1 unspecified atom stereocenters. The van der Waals surface area contributed by atoms with Crippen molar-refractivity contribution in [2.75, 3.05) is 6.61 Å². The van der Waals surface area contributed by atoms with E-state index in [2.05, 4.69) is 0 Å². The Bertz CT molecular complexity index is 821. The van der Waals surface area contributed by atoms with Crippen LogP contribution in [0.15, 0.2) is 48.5 Å². The second kappa shape index (κ2) is 11.4. The van der Waals surface area contributed by atoms with Gasteiger partial charge in [-0.3, -0.25) is 0 Å². The van der Waals surface area contributed by atoms with Gasteiger partial charge in [0.25, 0.3) is 0 Å². The first-order valence-corrected chi connectivity index (χ1v) is 11.4. The molecule has 6 N–H and O–H groups in total. The molecule has 0 aliphatic rings. The van der Waals surface area contributed by atoms with Gasteiger partial charge in [0.05, 0.1) is 12.2 Å². The van der Waals surface area contributed by atoms with Crippen molar-refractivity contribution in [2.24, 2.45) is 0 Å². The van der Waals surface area contributed by atoms with Crippen LogP contribution in [0.5, 0.6) is 0 Å². The van der Waals surface area contributed by atoms with E-state index in [4.69, 9.17) is 0 Å². The third-order valence-corrected chi connectivity index (χ3v) is 6.52. The molecule has 0 heterocycles. The Balaban J connectivity index is 2.41. The number of aliphatic hydroxyl groups excluding tert-OH is 4.